The van der Waals surface area contributed by atoms with Gasteiger partial charge in [0.1, 0.15) is 5.82 Å². The number of benzene rings is 1. The van der Waals surface area contributed by atoms with Crippen LogP contribution in [0.5, 0.6) is 0 Å². The first-order valence-corrected chi connectivity index (χ1v) is 10.1. The van der Waals surface area contributed by atoms with Gasteiger partial charge in [-0.15, -0.1) is 11.3 Å². The lowest BCUT2D eigenvalue weighted by Crippen LogP contribution is -2.38. The number of nitro benzene ring substituents is 1. The van der Waals surface area contributed by atoms with E-state index < -0.39 is 10.8 Å². The zero-order valence-corrected chi connectivity index (χ0v) is 16.5. The fraction of sp³-hybridized carbons (Fsp3) is 0.238. The van der Waals surface area contributed by atoms with Crippen molar-refractivity contribution in [1.29, 1.82) is 5.26 Å². The summed E-state index contributed by atoms with van der Waals surface area (Å²) in [6, 6.07) is 10.2. The van der Waals surface area contributed by atoms with Crippen LogP contribution in [0.3, 0.4) is 0 Å². The van der Waals surface area contributed by atoms with Crippen LogP contribution in [0.4, 0.5) is 11.4 Å². The summed E-state index contributed by atoms with van der Waals surface area (Å²) in [6.45, 7) is 1.97. The lowest BCUT2D eigenvalue weighted by Gasteiger charge is -2.39. The second-order valence-corrected chi connectivity index (χ2v) is 8.01. The van der Waals surface area contributed by atoms with E-state index in [1.165, 1.54) is 23.5 Å². The van der Waals surface area contributed by atoms with Gasteiger partial charge in [-0.2, -0.15) is 5.26 Å². The fourth-order valence-corrected chi connectivity index (χ4v) is 5.09. The molecule has 1 aromatic carbocycles. The number of non-ortho nitro benzene ring substituents is 1. The van der Waals surface area contributed by atoms with Crippen LogP contribution in [0, 0.1) is 28.4 Å². The molecule has 0 unspecified atom stereocenters. The molecule has 0 saturated heterocycles. The Morgan fingerprint density at radius 2 is 2.00 bits per heavy atom. The molecule has 2 N–H and O–H groups in total. The zero-order valence-electron chi connectivity index (χ0n) is 15.7. The van der Waals surface area contributed by atoms with Gasteiger partial charge in [-0.3, -0.25) is 19.8 Å². The summed E-state index contributed by atoms with van der Waals surface area (Å²) in [4.78, 5) is 26.2. The lowest BCUT2D eigenvalue weighted by atomic mass is 9.77. The molecule has 1 aliphatic carbocycles. The van der Waals surface area contributed by atoms with Crippen molar-refractivity contribution in [2.45, 2.75) is 32.1 Å². The predicted octanol–water partition coefficient (Wildman–Crippen LogP) is 4.27. The third-order valence-corrected chi connectivity index (χ3v) is 6.48. The van der Waals surface area contributed by atoms with Crippen LogP contribution in [0.2, 0.25) is 0 Å². The molecule has 4 rings (SSSR count). The molecular formula is C21H18N4O3S. The second-order valence-electron chi connectivity index (χ2n) is 7.06. The van der Waals surface area contributed by atoms with E-state index in [0.29, 0.717) is 36.1 Å². The lowest BCUT2D eigenvalue weighted by molar-refractivity contribution is -0.384. The van der Waals surface area contributed by atoms with E-state index in [0.717, 1.165) is 16.1 Å². The predicted molar refractivity (Wildman–Crippen MR) is 110 cm³/mol. The number of nitrogens with two attached hydrogens (primary N) is 1. The van der Waals surface area contributed by atoms with E-state index in [2.05, 4.69) is 6.07 Å². The Bertz CT molecular complexity index is 1120. The molecule has 2 aromatic rings. The van der Waals surface area contributed by atoms with Crippen LogP contribution >= 0.6 is 11.3 Å². The number of ketones is 1. The van der Waals surface area contributed by atoms with E-state index in [-0.39, 0.29) is 17.3 Å². The second kappa shape index (κ2) is 7.18. The van der Waals surface area contributed by atoms with Gasteiger partial charge in [0.15, 0.2) is 5.78 Å². The average molecular weight is 406 g/mol. The summed E-state index contributed by atoms with van der Waals surface area (Å²) in [5.74, 6) is -0.166. The summed E-state index contributed by atoms with van der Waals surface area (Å²) in [5.41, 5.74) is 9.80. The number of carbonyl (C=O) groups excluding carboxylic acids is 1. The minimum Gasteiger partial charge on any atom is -0.384 e. The standard InChI is InChI=1S/C21H18N4O3S/c1-12-9-10-29-20(12)18-15(11-22)21(23)24(16-3-2-4-17(26)19(16)18)13-5-7-14(8-6-13)25(27)28/h5-10,18H,2-4,23H2,1H3/t18-/m1/s1. The van der Waals surface area contributed by atoms with Gasteiger partial charge >= 0.3 is 0 Å². The highest BCUT2D eigenvalue weighted by molar-refractivity contribution is 7.10. The van der Waals surface area contributed by atoms with Gasteiger partial charge < -0.3 is 5.73 Å². The normalized spacial score (nSPS) is 19.2. The highest BCUT2D eigenvalue weighted by atomic mass is 32.1. The molecule has 29 heavy (non-hydrogen) atoms. The Labute approximate surface area is 171 Å². The van der Waals surface area contributed by atoms with E-state index in [1.54, 1.807) is 17.0 Å². The van der Waals surface area contributed by atoms with Gasteiger partial charge in [-0.1, -0.05) is 0 Å². The SMILES string of the molecule is Cc1ccsc1[C@@H]1C(C#N)=C(N)N(c2ccc([N+](=O)[O-])cc2)C2=C1C(=O)CCC2. The van der Waals surface area contributed by atoms with Crippen LogP contribution in [0.15, 0.2) is 58.4 Å². The Kier molecular flexibility index (Phi) is 4.68. The number of nitrogens with zero attached hydrogens (tertiary/aromatic N) is 3. The number of Topliss-reactive ketones (excluding diaryl/α,β-unsaturated/α-hetero) is 1. The summed E-state index contributed by atoms with van der Waals surface area (Å²) >= 11 is 1.52. The molecule has 0 radical (unpaired) electrons. The Balaban J connectivity index is 1.93. The molecule has 2 heterocycles. The van der Waals surface area contributed by atoms with Gasteiger partial charge in [0, 0.05) is 40.4 Å². The largest absolute Gasteiger partial charge is 0.384 e. The molecule has 2 aliphatic rings. The number of aryl methyl sites for hydroxylation is 1. The minimum atomic E-state index is -0.468. The number of allylic oxidation sites excluding steroid dienone is 3. The monoisotopic (exact) mass is 406 g/mol. The van der Waals surface area contributed by atoms with Crippen molar-refractivity contribution in [1.82, 2.24) is 0 Å². The number of carbonyl (C=O) groups is 1. The van der Waals surface area contributed by atoms with Crippen molar-refractivity contribution in [2.75, 3.05) is 4.90 Å². The van der Waals surface area contributed by atoms with E-state index >= 15 is 0 Å². The molecule has 0 bridgehead atoms. The van der Waals surface area contributed by atoms with Crippen molar-refractivity contribution in [3.63, 3.8) is 0 Å². The molecule has 0 saturated carbocycles. The van der Waals surface area contributed by atoms with Crippen molar-refractivity contribution in [2.24, 2.45) is 5.73 Å². The molecule has 0 amide bonds. The van der Waals surface area contributed by atoms with Gasteiger partial charge in [0.05, 0.1) is 22.5 Å². The number of rotatable bonds is 3. The number of hydrogen-bond donors (Lipinski definition) is 1. The average Bonchev–Trinajstić information content (AvgIpc) is 3.13. The molecule has 1 atom stereocenters. The van der Waals surface area contributed by atoms with E-state index in [9.17, 15) is 20.2 Å². The molecular weight excluding hydrogens is 388 g/mol. The van der Waals surface area contributed by atoms with Gasteiger partial charge in [0.2, 0.25) is 0 Å². The summed E-state index contributed by atoms with van der Waals surface area (Å²) in [6.07, 6.45) is 1.79. The zero-order chi connectivity index (χ0) is 20.7. The Morgan fingerprint density at radius 3 is 2.59 bits per heavy atom. The molecule has 8 heteroatoms. The summed E-state index contributed by atoms with van der Waals surface area (Å²) in [7, 11) is 0. The maximum Gasteiger partial charge on any atom is 0.269 e. The first kappa shape index (κ1) is 18.9. The minimum absolute atomic E-state index is 0.0243. The number of anilines is 1. The van der Waals surface area contributed by atoms with E-state index in [4.69, 9.17) is 5.73 Å². The van der Waals surface area contributed by atoms with Crippen molar-refractivity contribution < 1.29 is 9.72 Å². The maximum atomic E-state index is 13.0. The van der Waals surface area contributed by atoms with Crippen LogP contribution in [0.1, 0.15) is 35.6 Å². The van der Waals surface area contributed by atoms with E-state index in [1.807, 2.05) is 18.4 Å². The molecule has 1 aromatic heterocycles. The maximum absolute atomic E-state index is 13.0. The Morgan fingerprint density at radius 1 is 1.28 bits per heavy atom. The molecule has 0 spiro atoms. The third-order valence-electron chi connectivity index (χ3n) is 5.40. The van der Waals surface area contributed by atoms with Crippen LogP contribution in [0.25, 0.3) is 0 Å². The van der Waals surface area contributed by atoms with Crippen LogP contribution in [-0.4, -0.2) is 10.7 Å². The number of hydrogen-bond acceptors (Lipinski definition) is 7. The topological polar surface area (TPSA) is 113 Å². The van der Waals surface area contributed by atoms with Crippen molar-refractivity contribution in [3.8, 4) is 6.07 Å². The Hall–Kier alpha value is -3.44. The molecule has 7 nitrogen and oxygen atoms in total. The molecule has 0 fully saturated rings. The van der Waals surface area contributed by atoms with Gasteiger partial charge in [0.25, 0.3) is 5.69 Å². The summed E-state index contributed by atoms with van der Waals surface area (Å²) in [5, 5.41) is 22.9. The first-order valence-electron chi connectivity index (χ1n) is 9.18. The number of nitriles is 1. The summed E-state index contributed by atoms with van der Waals surface area (Å²) < 4.78 is 0. The van der Waals surface area contributed by atoms with Gasteiger partial charge in [-0.25, -0.2) is 0 Å². The molecule has 146 valence electrons. The van der Waals surface area contributed by atoms with Crippen LogP contribution < -0.4 is 10.6 Å². The van der Waals surface area contributed by atoms with Crippen molar-refractivity contribution >= 4 is 28.5 Å². The highest BCUT2D eigenvalue weighted by Crippen LogP contribution is 2.48. The van der Waals surface area contributed by atoms with Crippen LogP contribution in [-0.2, 0) is 4.79 Å². The number of thiophene rings is 1. The quantitative estimate of drug-likeness (QED) is 0.601. The highest BCUT2D eigenvalue weighted by Gasteiger charge is 2.41. The first-order chi connectivity index (χ1) is 13.9. The third kappa shape index (κ3) is 3.00. The smallest absolute Gasteiger partial charge is 0.269 e. The van der Waals surface area contributed by atoms with Crippen molar-refractivity contribution in [3.05, 3.63) is 78.9 Å². The fourth-order valence-electron chi connectivity index (χ4n) is 4.05. The molecule has 1 aliphatic heterocycles. The van der Waals surface area contributed by atoms with Gasteiger partial charge in [-0.05, 0) is 48.9 Å². The number of nitro groups is 1.